The van der Waals surface area contributed by atoms with Gasteiger partial charge in [0.25, 0.3) is 0 Å². The number of hydrogen-bond donors (Lipinski definition) is 1. The summed E-state index contributed by atoms with van der Waals surface area (Å²) >= 11 is 0. The topological polar surface area (TPSA) is 12.0 Å². The van der Waals surface area contributed by atoms with Crippen molar-refractivity contribution in [3.63, 3.8) is 0 Å². The number of aryl methyl sites for hydroxylation is 2. The van der Waals surface area contributed by atoms with Gasteiger partial charge in [-0.15, -0.1) is 0 Å². The first-order chi connectivity index (χ1) is 10.2. The lowest BCUT2D eigenvalue weighted by atomic mass is 10.0. The molecule has 0 aromatic heterocycles. The van der Waals surface area contributed by atoms with Crippen LogP contribution in [0.1, 0.15) is 35.6 Å². The molecule has 0 fully saturated rings. The fourth-order valence-electron chi connectivity index (χ4n) is 3.07. The molecule has 2 heteroatoms. The van der Waals surface area contributed by atoms with Gasteiger partial charge in [0.1, 0.15) is 5.82 Å². The first-order valence-corrected chi connectivity index (χ1v) is 7.79. The molecule has 0 aliphatic heterocycles. The number of benzene rings is 2. The van der Waals surface area contributed by atoms with Crippen LogP contribution in [0, 0.1) is 5.82 Å². The summed E-state index contributed by atoms with van der Waals surface area (Å²) in [5.41, 5.74) is 5.59. The van der Waals surface area contributed by atoms with Crippen LogP contribution in [0.5, 0.6) is 0 Å². The van der Waals surface area contributed by atoms with Gasteiger partial charge in [-0.2, -0.15) is 0 Å². The van der Waals surface area contributed by atoms with E-state index < -0.39 is 0 Å². The van der Waals surface area contributed by atoms with Crippen LogP contribution in [0.25, 0.3) is 0 Å². The van der Waals surface area contributed by atoms with E-state index in [1.54, 1.807) is 0 Å². The number of rotatable bonds is 5. The second kappa shape index (κ2) is 6.40. The van der Waals surface area contributed by atoms with Crippen molar-refractivity contribution >= 4 is 0 Å². The molecule has 1 nitrogen and oxygen atoms in total. The average Bonchev–Trinajstić information content (AvgIpc) is 2.95. The summed E-state index contributed by atoms with van der Waals surface area (Å²) in [5, 5.41) is 3.56. The Labute approximate surface area is 126 Å². The van der Waals surface area contributed by atoms with E-state index in [0.29, 0.717) is 6.04 Å². The lowest BCUT2D eigenvalue weighted by Gasteiger charge is -2.14. The van der Waals surface area contributed by atoms with Gasteiger partial charge in [-0.3, -0.25) is 0 Å². The average molecular weight is 283 g/mol. The third-order valence-corrected chi connectivity index (χ3v) is 4.27. The lowest BCUT2D eigenvalue weighted by Crippen LogP contribution is -2.27. The summed E-state index contributed by atoms with van der Waals surface area (Å²) in [6.45, 7) is 3.08. The van der Waals surface area contributed by atoms with E-state index in [2.05, 4.69) is 30.4 Å². The first kappa shape index (κ1) is 14.3. The summed E-state index contributed by atoms with van der Waals surface area (Å²) in [6.07, 6.45) is 4.69. The van der Waals surface area contributed by atoms with E-state index in [9.17, 15) is 4.39 Å². The van der Waals surface area contributed by atoms with Crippen LogP contribution in [-0.4, -0.2) is 6.04 Å². The van der Waals surface area contributed by atoms with Crippen molar-refractivity contribution in [3.05, 3.63) is 70.5 Å². The molecule has 0 bridgehead atoms. The molecule has 0 spiro atoms. The quantitative estimate of drug-likeness (QED) is 0.873. The monoisotopic (exact) mass is 283 g/mol. The number of halogens is 1. The highest BCUT2D eigenvalue weighted by molar-refractivity contribution is 5.35. The van der Waals surface area contributed by atoms with Crippen molar-refractivity contribution in [2.75, 3.05) is 0 Å². The molecule has 0 saturated carbocycles. The molecule has 0 heterocycles. The number of hydrogen-bond acceptors (Lipinski definition) is 1. The van der Waals surface area contributed by atoms with Crippen LogP contribution >= 0.6 is 0 Å². The smallest absolute Gasteiger partial charge is 0.123 e. The molecule has 1 aliphatic rings. The molecule has 1 aliphatic carbocycles. The maximum Gasteiger partial charge on any atom is 0.123 e. The van der Waals surface area contributed by atoms with Crippen LogP contribution in [0.3, 0.4) is 0 Å². The minimum atomic E-state index is -0.169. The van der Waals surface area contributed by atoms with Crippen molar-refractivity contribution < 1.29 is 4.39 Å². The number of fused-ring (bicyclic) bond motifs is 1. The summed E-state index contributed by atoms with van der Waals surface area (Å²) < 4.78 is 12.9. The van der Waals surface area contributed by atoms with Gasteiger partial charge in [0.05, 0.1) is 0 Å². The molecule has 3 rings (SSSR count). The van der Waals surface area contributed by atoms with Gasteiger partial charge in [-0.25, -0.2) is 4.39 Å². The second-order valence-corrected chi connectivity index (χ2v) is 6.07. The zero-order valence-corrected chi connectivity index (χ0v) is 12.5. The maximum atomic E-state index is 12.9. The predicted octanol–water partition coefficient (Wildman–Crippen LogP) is 4.04. The summed E-state index contributed by atoms with van der Waals surface area (Å²) in [6, 6.07) is 14.0. The Balaban J connectivity index is 1.53. The minimum Gasteiger partial charge on any atom is -0.310 e. The van der Waals surface area contributed by atoms with Gasteiger partial charge in [0.15, 0.2) is 0 Å². The molecule has 110 valence electrons. The molecule has 0 amide bonds. The molecule has 2 aromatic carbocycles. The van der Waals surface area contributed by atoms with Gasteiger partial charge in [0.2, 0.25) is 0 Å². The lowest BCUT2D eigenvalue weighted by molar-refractivity contribution is 0.544. The summed E-state index contributed by atoms with van der Waals surface area (Å²) in [5.74, 6) is -0.169. The molecule has 21 heavy (non-hydrogen) atoms. The Hall–Kier alpha value is -1.67. The van der Waals surface area contributed by atoms with Crippen LogP contribution < -0.4 is 5.32 Å². The molecular formula is C19H22FN. The predicted molar refractivity (Wildman–Crippen MR) is 84.9 cm³/mol. The Bertz CT molecular complexity index is 603. The second-order valence-electron chi connectivity index (χ2n) is 6.07. The molecule has 1 N–H and O–H groups in total. The standard InChI is InChI=1S/C19H22FN/c1-14(11-15-6-9-19(20)10-7-15)21-13-16-5-8-17-3-2-4-18(17)12-16/h5-10,12,14,21H,2-4,11,13H2,1H3. The van der Waals surface area contributed by atoms with E-state index in [1.165, 1.54) is 53.6 Å². The molecule has 0 saturated heterocycles. The van der Waals surface area contributed by atoms with Crippen LogP contribution in [0.4, 0.5) is 4.39 Å². The van der Waals surface area contributed by atoms with Crippen molar-refractivity contribution in [2.45, 2.75) is 45.2 Å². The third kappa shape index (κ3) is 3.70. The molecule has 1 unspecified atom stereocenters. The van der Waals surface area contributed by atoms with Crippen LogP contribution in [0.15, 0.2) is 42.5 Å². The highest BCUT2D eigenvalue weighted by Gasteiger charge is 2.11. The zero-order chi connectivity index (χ0) is 14.7. The Morgan fingerprint density at radius 2 is 1.71 bits per heavy atom. The number of nitrogens with one attached hydrogen (secondary N) is 1. The summed E-state index contributed by atoms with van der Waals surface area (Å²) in [4.78, 5) is 0. The van der Waals surface area contributed by atoms with Crippen molar-refractivity contribution in [1.29, 1.82) is 0 Å². The van der Waals surface area contributed by atoms with E-state index in [4.69, 9.17) is 0 Å². The molecular weight excluding hydrogens is 261 g/mol. The van der Waals surface area contributed by atoms with E-state index in [-0.39, 0.29) is 5.82 Å². The van der Waals surface area contributed by atoms with Crippen LogP contribution in [0.2, 0.25) is 0 Å². The van der Waals surface area contributed by atoms with Crippen molar-refractivity contribution in [1.82, 2.24) is 5.32 Å². The Morgan fingerprint density at radius 1 is 1.00 bits per heavy atom. The summed E-state index contributed by atoms with van der Waals surface area (Å²) in [7, 11) is 0. The fraction of sp³-hybridized carbons (Fsp3) is 0.368. The highest BCUT2D eigenvalue weighted by Crippen LogP contribution is 2.22. The molecule has 1 atom stereocenters. The van der Waals surface area contributed by atoms with E-state index in [0.717, 1.165) is 13.0 Å². The van der Waals surface area contributed by atoms with Gasteiger partial charge in [-0.1, -0.05) is 30.3 Å². The normalized spacial score (nSPS) is 15.0. The van der Waals surface area contributed by atoms with Crippen molar-refractivity contribution in [2.24, 2.45) is 0 Å². The van der Waals surface area contributed by atoms with Crippen LogP contribution in [-0.2, 0) is 25.8 Å². The SMILES string of the molecule is CC(Cc1ccc(F)cc1)NCc1ccc2c(c1)CCC2. The van der Waals surface area contributed by atoms with E-state index in [1.807, 2.05) is 12.1 Å². The fourth-order valence-corrected chi connectivity index (χ4v) is 3.07. The zero-order valence-electron chi connectivity index (χ0n) is 12.5. The van der Waals surface area contributed by atoms with Gasteiger partial charge in [-0.05, 0) is 67.0 Å². The highest BCUT2D eigenvalue weighted by atomic mass is 19.1. The van der Waals surface area contributed by atoms with Gasteiger partial charge in [0, 0.05) is 12.6 Å². The van der Waals surface area contributed by atoms with Gasteiger partial charge < -0.3 is 5.32 Å². The largest absolute Gasteiger partial charge is 0.310 e. The maximum absolute atomic E-state index is 12.9. The van der Waals surface area contributed by atoms with Gasteiger partial charge >= 0.3 is 0 Å². The Morgan fingerprint density at radius 3 is 2.52 bits per heavy atom. The third-order valence-electron chi connectivity index (χ3n) is 4.27. The molecule has 0 radical (unpaired) electrons. The Kier molecular flexibility index (Phi) is 4.35. The minimum absolute atomic E-state index is 0.169. The van der Waals surface area contributed by atoms with E-state index >= 15 is 0 Å². The first-order valence-electron chi connectivity index (χ1n) is 7.79. The molecule has 2 aromatic rings. The van der Waals surface area contributed by atoms with Crippen molar-refractivity contribution in [3.8, 4) is 0 Å².